The first kappa shape index (κ1) is 28.5. The van der Waals surface area contributed by atoms with E-state index in [2.05, 4.69) is 27.7 Å². The lowest BCUT2D eigenvalue weighted by Crippen LogP contribution is -2.58. The highest BCUT2D eigenvalue weighted by Gasteiger charge is 2.70. The molecule has 41 heavy (non-hydrogen) atoms. The molecule has 12 atom stereocenters. The van der Waals surface area contributed by atoms with Crippen LogP contribution in [0.3, 0.4) is 0 Å². The highest BCUT2D eigenvalue weighted by Crippen LogP contribution is 2.72. The predicted octanol–water partition coefficient (Wildman–Crippen LogP) is 7.36. The fourth-order valence-corrected chi connectivity index (χ4v) is 12.9. The van der Waals surface area contributed by atoms with Crippen LogP contribution in [0, 0.1) is 65.1 Å². The number of carbonyl (C=O) groups is 1. The second-order valence-corrected chi connectivity index (χ2v) is 17.4. The Hall–Kier alpha value is -1.24. The Morgan fingerprint density at radius 1 is 0.951 bits per heavy atom. The van der Waals surface area contributed by atoms with Crippen LogP contribution >= 0.6 is 0 Å². The second-order valence-electron chi connectivity index (χ2n) is 15.9. The number of hydrogen-bond donors (Lipinski definition) is 0. The molecule has 1 aromatic rings. The predicted molar refractivity (Wildman–Crippen MR) is 159 cm³/mol. The van der Waals surface area contributed by atoms with Crippen molar-refractivity contribution in [2.45, 2.75) is 115 Å². The molecule has 5 nitrogen and oxygen atoms in total. The summed E-state index contributed by atoms with van der Waals surface area (Å²) >= 11 is 0. The number of ether oxygens (including phenoxy) is 1. The van der Waals surface area contributed by atoms with E-state index in [4.69, 9.17) is 8.92 Å². The van der Waals surface area contributed by atoms with Gasteiger partial charge in [-0.2, -0.15) is 8.42 Å². The van der Waals surface area contributed by atoms with Gasteiger partial charge in [0.25, 0.3) is 10.1 Å². The Morgan fingerprint density at radius 2 is 1.71 bits per heavy atom. The normalized spacial score (nSPS) is 49.3. The number of benzene rings is 1. The van der Waals surface area contributed by atoms with E-state index in [1.54, 1.807) is 12.1 Å². The van der Waals surface area contributed by atoms with Gasteiger partial charge < -0.3 is 4.74 Å². The summed E-state index contributed by atoms with van der Waals surface area (Å²) in [5, 5.41) is 0. The summed E-state index contributed by atoms with van der Waals surface area (Å²) in [5.74, 6) is 4.59. The first-order chi connectivity index (χ1) is 19.4. The van der Waals surface area contributed by atoms with E-state index >= 15 is 0 Å². The fourth-order valence-electron chi connectivity index (χ4n) is 11.7. The SMILES string of the molecule is Cc1ccc(S(=O)(=O)O[C@H]2CC[C@@]3(C)[C@@H](CC[C@@H]4[C@@H]3CC(=O)[C@]3(C)[C@@H]5[C@@H](C[C@@H]43)C[C@@]3(CC[C@H](C)CO3)[C@H]5C)C2)cc1. The van der Waals surface area contributed by atoms with E-state index in [0.29, 0.717) is 59.5 Å². The molecular weight excluding hydrogens is 532 g/mol. The summed E-state index contributed by atoms with van der Waals surface area (Å²) in [6.45, 7) is 12.3. The smallest absolute Gasteiger partial charge is 0.297 e. The largest absolute Gasteiger partial charge is 0.374 e. The lowest BCUT2D eigenvalue weighted by atomic mass is 9.44. The zero-order valence-electron chi connectivity index (χ0n) is 25.7. The van der Waals surface area contributed by atoms with Crippen LogP contribution in [-0.2, 0) is 23.8 Å². The highest BCUT2D eigenvalue weighted by molar-refractivity contribution is 7.86. The molecule has 226 valence electrons. The van der Waals surface area contributed by atoms with Crippen LogP contribution in [0.25, 0.3) is 0 Å². The summed E-state index contributed by atoms with van der Waals surface area (Å²) in [5.41, 5.74) is 0.894. The molecule has 0 amide bonds. The third-order valence-corrected chi connectivity index (χ3v) is 15.4. The van der Waals surface area contributed by atoms with Crippen molar-refractivity contribution >= 4 is 15.9 Å². The summed E-state index contributed by atoms with van der Waals surface area (Å²) in [6.07, 6.45) is 9.95. The van der Waals surface area contributed by atoms with Crippen LogP contribution in [-0.4, -0.2) is 32.5 Å². The minimum Gasteiger partial charge on any atom is -0.374 e. The minimum atomic E-state index is -3.78. The first-order valence-electron chi connectivity index (χ1n) is 16.5. The van der Waals surface area contributed by atoms with E-state index in [-0.39, 0.29) is 27.4 Å². The maximum atomic E-state index is 14.4. The van der Waals surface area contributed by atoms with Gasteiger partial charge >= 0.3 is 0 Å². The van der Waals surface area contributed by atoms with Gasteiger partial charge in [-0.15, -0.1) is 0 Å². The van der Waals surface area contributed by atoms with Gasteiger partial charge in [-0.05, 0) is 130 Å². The zero-order valence-corrected chi connectivity index (χ0v) is 26.5. The van der Waals surface area contributed by atoms with Crippen molar-refractivity contribution in [2.24, 2.45) is 58.2 Å². The number of rotatable bonds is 3. The number of carbonyl (C=O) groups excluding carboxylic acids is 1. The molecule has 0 radical (unpaired) electrons. The van der Waals surface area contributed by atoms with Crippen molar-refractivity contribution in [3.05, 3.63) is 29.8 Å². The van der Waals surface area contributed by atoms with Crippen molar-refractivity contribution in [1.29, 1.82) is 0 Å². The van der Waals surface area contributed by atoms with Gasteiger partial charge in [-0.3, -0.25) is 8.98 Å². The lowest BCUT2D eigenvalue weighted by Gasteiger charge is -2.60. The van der Waals surface area contributed by atoms with Gasteiger partial charge in [0.1, 0.15) is 5.78 Å². The number of aryl methyl sites for hydroxylation is 1. The molecule has 6 aliphatic rings. The van der Waals surface area contributed by atoms with Crippen molar-refractivity contribution in [3.8, 4) is 0 Å². The van der Waals surface area contributed by atoms with Crippen LogP contribution < -0.4 is 0 Å². The molecule has 7 rings (SSSR count). The molecule has 1 saturated heterocycles. The standard InChI is InChI=1S/C35H50O5S/c1-21-6-9-27(10-7-21)41(37,38)40-26-13-14-33(4)25(17-26)8-11-28-29(33)18-31(36)34(5)30(28)16-24-19-35(23(3)32(24)34)15-12-22(2)20-39-35/h6-7,9-10,22-26,28-30,32H,8,11-20H2,1-5H3/t22-,23-,24-,25-,26-,28+,29-,30-,32-,33-,34+,35-/m0/s1. The van der Waals surface area contributed by atoms with Gasteiger partial charge in [-0.25, -0.2) is 0 Å². The minimum absolute atomic E-state index is 0.00606. The Labute approximate surface area is 247 Å². The summed E-state index contributed by atoms with van der Waals surface area (Å²) in [7, 11) is -3.78. The van der Waals surface area contributed by atoms with Gasteiger partial charge in [-0.1, -0.05) is 45.4 Å². The molecule has 5 aliphatic carbocycles. The average molecular weight is 583 g/mol. The molecule has 1 aliphatic heterocycles. The molecule has 6 fully saturated rings. The van der Waals surface area contributed by atoms with E-state index in [1.807, 2.05) is 19.1 Å². The van der Waals surface area contributed by atoms with E-state index in [9.17, 15) is 13.2 Å². The summed E-state index contributed by atoms with van der Waals surface area (Å²) in [4.78, 5) is 14.6. The van der Waals surface area contributed by atoms with Crippen LogP contribution in [0.1, 0.15) is 97.5 Å². The number of fused-ring (bicyclic) bond motifs is 7. The number of ketones is 1. The third kappa shape index (κ3) is 4.19. The van der Waals surface area contributed by atoms with Gasteiger partial charge in [0.05, 0.1) is 16.6 Å². The molecule has 1 spiro atoms. The van der Waals surface area contributed by atoms with Crippen molar-refractivity contribution in [2.75, 3.05) is 6.61 Å². The molecule has 1 heterocycles. The average Bonchev–Trinajstić information content (AvgIpc) is 3.38. The highest BCUT2D eigenvalue weighted by atomic mass is 32.2. The molecule has 0 unspecified atom stereocenters. The Balaban J connectivity index is 1.08. The summed E-state index contributed by atoms with van der Waals surface area (Å²) < 4.78 is 38.6. The van der Waals surface area contributed by atoms with E-state index in [0.717, 1.165) is 50.7 Å². The molecule has 5 saturated carbocycles. The quantitative estimate of drug-likeness (QED) is 0.348. The van der Waals surface area contributed by atoms with E-state index in [1.165, 1.54) is 19.3 Å². The van der Waals surface area contributed by atoms with Crippen molar-refractivity contribution < 1.29 is 22.1 Å². The topological polar surface area (TPSA) is 69.7 Å². The van der Waals surface area contributed by atoms with Gasteiger partial charge in [0, 0.05) is 18.4 Å². The molecule has 0 aromatic heterocycles. The van der Waals surface area contributed by atoms with Gasteiger partial charge in [0.15, 0.2) is 0 Å². The molecule has 0 N–H and O–H groups in total. The molecule has 0 bridgehead atoms. The lowest BCUT2D eigenvalue weighted by molar-refractivity contribution is -0.167. The maximum absolute atomic E-state index is 14.4. The Bertz CT molecular complexity index is 1300. The monoisotopic (exact) mass is 582 g/mol. The molecule has 6 heteroatoms. The van der Waals surface area contributed by atoms with Crippen LogP contribution in [0.2, 0.25) is 0 Å². The van der Waals surface area contributed by atoms with Crippen LogP contribution in [0.15, 0.2) is 29.2 Å². The number of hydrogen-bond acceptors (Lipinski definition) is 5. The number of Topliss-reactive ketones (excluding diaryl/α,β-unsaturated/α-hetero) is 1. The second kappa shape index (κ2) is 9.63. The van der Waals surface area contributed by atoms with Crippen LogP contribution in [0.5, 0.6) is 0 Å². The molecular formula is C35H50O5S. The maximum Gasteiger partial charge on any atom is 0.297 e. The first-order valence-corrected chi connectivity index (χ1v) is 18.0. The van der Waals surface area contributed by atoms with Crippen LogP contribution in [0.4, 0.5) is 0 Å². The third-order valence-electron chi connectivity index (χ3n) is 14.0. The summed E-state index contributed by atoms with van der Waals surface area (Å²) in [6, 6.07) is 6.94. The van der Waals surface area contributed by atoms with Gasteiger partial charge in [0.2, 0.25) is 0 Å². The van der Waals surface area contributed by atoms with E-state index < -0.39 is 10.1 Å². The Morgan fingerprint density at radius 3 is 2.41 bits per heavy atom. The zero-order chi connectivity index (χ0) is 28.9. The fraction of sp³-hybridized carbons (Fsp3) is 0.800. The molecule has 1 aromatic carbocycles. The van der Waals surface area contributed by atoms with Crippen molar-refractivity contribution in [3.63, 3.8) is 0 Å². The van der Waals surface area contributed by atoms with Crippen molar-refractivity contribution in [1.82, 2.24) is 0 Å². The Kier molecular flexibility index (Phi) is 6.70.